The number of halogens is 4. The van der Waals surface area contributed by atoms with Gasteiger partial charge in [-0.25, -0.2) is 4.98 Å². The SMILES string of the molecule is Cc1cc(CNC(=O)c2cccc(-c3cnc4c(c3)N(Cc3cc(Cl)ccc3C)CCN4)c2)cc(C(F)(F)F)c1. The lowest BCUT2D eigenvalue weighted by molar-refractivity contribution is -0.137. The third-order valence-corrected chi connectivity index (χ3v) is 7.17. The summed E-state index contributed by atoms with van der Waals surface area (Å²) in [6, 6.07) is 18.8. The molecule has 1 aromatic heterocycles. The Morgan fingerprint density at radius 1 is 1.05 bits per heavy atom. The monoisotopic (exact) mass is 564 g/mol. The minimum atomic E-state index is -4.44. The van der Waals surface area contributed by atoms with Crippen molar-refractivity contribution >= 4 is 29.0 Å². The fourth-order valence-electron chi connectivity index (χ4n) is 4.85. The quantitative estimate of drug-likeness (QED) is 0.256. The fourth-order valence-corrected chi connectivity index (χ4v) is 5.05. The molecule has 0 radical (unpaired) electrons. The van der Waals surface area contributed by atoms with E-state index in [-0.39, 0.29) is 12.5 Å². The number of rotatable bonds is 6. The molecule has 4 aromatic rings. The van der Waals surface area contributed by atoms with Crippen LogP contribution in [-0.2, 0) is 19.3 Å². The van der Waals surface area contributed by atoms with Gasteiger partial charge in [-0.3, -0.25) is 4.79 Å². The Balaban J connectivity index is 1.35. The summed E-state index contributed by atoms with van der Waals surface area (Å²) in [6.45, 7) is 5.89. The van der Waals surface area contributed by atoms with Gasteiger partial charge in [0.25, 0.3) is 5.91 Å². The Kier molecular flexibility index (Phi) is 7.72. The largest absolute Gasteiger partial charge is 0.416 e. The summed E-state index contributed by atoms with van der Waals surface area (Å²) in [5.41, 5.74) is 5.45. The van der Waals surface area contributed by atoms with Crippen LogP contribution in [0.2, 0.25) is 5.02 Å². The molecule has 2 heterocycles. The van der Waals surface area contributed by atoms with E-state index in [0.717, 1.165) is 59.0 Å². The van der Waals surface area contributed by atoms with Crippen molar-refractivity contribution in [3.8, 4) is 11.1 Å². The molecular formula is C31H28ClF3N4O. The van der Waals surface area contributed by atoms with Crippen molar-refractivity contribution < 1.29 is 18.0 Å². The molecule has 0 saturated heterocycles. The number of benzene rings is 3. The summed E-state index contributed by atoms with van der Waals surface area (Å²) in [7, 11) is 0. The highest BCUT2D eigenvalue weighted by atomic mass is 35.5. The number of alkyl halides is 3. The molecule has 5 nitrogen and oxygen atoms in total. The van der Waals surface area contributed by atoms with E-state index in [0.29, 0.717) is 28.3 Å². The van der Waals surface area contributed by atoms with Crippen molar-refractivity contribution in [1.82, 2.24) is 10.3 Å². The number of carbonyl (C=O) groups excluding carboxylic acids is 1. The number of hydrogen-bond donors (Lipinski definition) is 2. The van der Waals surface area contributed by atoms with Crippen LogP contribution in [0.5, 0.6) is 0 Å². The summed E-state index contributed by atoms with van der Waals surface area (Å²) in [6.07, 6.45) is -2.68. The van der Waals surface area contributed by atoms with E-state index < -0.39 is 11.7 Å². The first-order chi connectivity index (χ1) is 19.1. The summed E-state index contributed by atoms with van der Waals surface area (Å²) < 4.78 is 39.6. The summed E-state index contributed by atoms with van der Waals surface area (Å²) >= 11 is 6.25. The summed E-state index contributed by atoms with van der Waals surface area (Å²) in [5.74, 6) is 0.419. The molecule has 0 spiro atoms. The van der Waals surface area contributed by atoms with Crippen molar-refractivity contribution in [2.75, 3.05) is 23.3 Å². The third-order valence-electron chi connectivity index (χ3n) is 6.93. The topological polar surface area (TPSA) is 57.3 Å². The average Bonchev–Trinajstić information content (AvgIpc) is 2.93. The maximum atomic E-state index is 13.2. The molecule has 1 aliphatic rings. The number of aromatic nitrogens is 1. The Bertz CT molecular complexity index is 1570. The van der Waals surface area contributed by atoms with Crippen LogP contribution in [0.1, 0.15) is 38.2 Å². The zero-order valence-electron chi connectivity index (χ0n) is 22.1. The van der Waals surface area contributed by atoms with Gasteiger partial charge in [0.2, 0.25) is 0 Å². The molecule has 0 fully saturated rings. The number of nitrogens with zero attached hydrogens (tertiary/aromatic N) is 2. The Hall–Kier alpha value is -4.04. The molecule has 0 atom stereocenters. The first-order valence-corrected chi connectivity index (χ1v) is 13.2. The van der Waals surface area contributed by atoms with Gasteiger partial charge in [-0.15, -0.1) is 0 Å². The van der Waals surface area contributed by atoms with Gasteiger partial charge in [0, 0.05) is 48.5 Å². The standard InChI is InChI=1S/C31H28ClF3N4O/c1-19-10-21(12-26(11-19)31(33,34)35)16-38-30(40)23-5-3-4-22(13-23)24-15-28-29(37-17-24)36-8-9-39(28)18-25-14-27(32)7-6-20(25)2/h3-7,10-15,17H,8-9,16,18H2,1-2H3,(H,36,37)(H,38,40). The van der Waals surface area contributed by atoms with Gasteiger partial charge >= 0.3 is 6.18 Å². The van der Waals surface area contributed by atoms with Gasteiger partial charge in [-0.2, -0.15) is 13.2 Å². The molecule has 3 aromatic carbocycles. The summed E-state index contributed by atoms with van der Waals surface area (Å²) in [4.78, 5) is 19.8. The number of amides is 1. The minimum absolute atomic E-state index is 0.0161. The van der Waals surface area contributed by atoms with Gasteiger partial charge < -0.3 is 15.5 Å². The number of carbonyl (C=O) groups is 1. The Morgan fingerprint density at radius 3 is 2.67 bits per heavy atom. The van der Waals surface area contributed by atoms with E-state index in [2.05, 4.69) is 33.5 Å². The van der Waals surface area contributed by atoms with E-state index in [9.17, 15) is 18.0 Å². The van der Waals surface area contributed by atoms with Crippen LogP contribution in [0.25, 0.3) is 11.1 Å². The van der Waals surface area contributed by atoms with Crippen molar-refractivity contribution in [1.29, 1.82) is 0 Å². The average molecular weight is 565 g/mol. The van der Waals surface area contributed by atoms with Crippen LogP contribution >= 0.6 is 11.6 Å². The highest BCUT2D eigenvalue weighted by Gasteiger charge is 2.31. The van der Waals surface area contributed by atoms with Crippen molar-refractivity contribution in [3.63, 3.8) is 0 Å². The smallest absolute Gasteiger partial charge is 0.367 e. The third kappa shape index (κ3) is 6.23. The van der Waals surface area contributed by atoms with Gasteiger partial charge in [-0.05, 0) is 78.6 Å². The molecule has 206 valence electrons. The van der Waals surface area contributed by atoms with Crippen molar-refractivity contribution in [3.05, 3.63) is 111 Å². The van der Waals surface area contributed by atoms with Crippen LogP contribution in [0.4, 0.5) is 24.7 Å². The lowest BCUT2D eigenvalue weighted by atomic mass is 10.0. The second-order valence-corrected chi connectivity index (χ2v) is 10.4. The number of hydrogen-bond acceptors (Lipinski definition) is 4. The second-order valence-electron chi connectivity index (χ2n) is 9.98. The van der Waals surface area contributed by atoms with Crippen LogP contribution in [0.3, 0.4) is 0 Å². The zero-order valence-corrected chi connectivity index (χ0v) is 22.8. The molecule has 0 unspecified atom stereocenters. The molecule has 0 saturated carbocycles. The van der Waals surface area contributed by atoms with Crippen molar-refractivity contribution in [2.24, 2.45) is 0 Å². The maximum Gasteiger partial charge on any atom is 0.416 e. The van der Waals surface area contributed by atoms with Gasteiger partial charge in [-0.1, -0.05) is 41.4 Å². The summed E-state index contributed by atoms with van der Waals surface area (Å²) in [5, 5.41) is 6.79. The van der Waals surface area contributed by atoms with E-state index in [4.69, 9.17) is 11.6 Å². The zero-order chi connectivity index (χ0) is 28.4. The molecule has 9 heteroatoms. The minimum Gasteiger partial charge on any atom is -0.367 e. The molecule has 1 amide bonds. The first-order valence-electron chi connectivity index (χ1n) is 12.9. The molecular weight excluding hydrogens is 537 g/mol. The molecule has 0 bridgehead atoms. The lowest BCUT2D eigenvalue weighted by Gasteiger charge is -2.32. The van der Waals surface area contributed by atoms with E-state index in [1.165, 1.54) is 0 Å². The second kappa shape index (κ2) is 11.2. The molecule has 40 heavy (non-hydrogen) atoms. The van der Waals surface area contributed by atoms with E-state index in [1.807, 2.05) is 24.3 Å². The predicted octanol–water partition coefficient (Wildman–Crippen LogP) is 7.40. The molecule has 0 aliphatic carbocycles. The normalized spacial score (nSPS) is 13.0. The Labute approximate surface area is 236 Å². The number of nitrogens with one attached hydrogen (secondary N) is 2. The molecule has 2 N–H and O–H groups in total. The Morgan fingerprint density at radius 2 is 1.88 bits per heavy atom. The van der Waals surface area contributed by atoms with Gasteiger partial charge in [0.1, 0.15) is 5.82 Å². The van der Waals surface area contributed by atoms with Gasteiger partial charge in [0.05, 0.1) is 11.3 Å². The van der Waals surface area contributed by atoms with Crippen LogP contribution in [0, 0.1) is 13.8 Å². The van der Waals surface area contributed by atoms with E-state index in [1.54, 1.807) is 37.4 Å². The van der Waals surface area contributed by atoms with Crippen molar-refractivity contribution in [2.45, 2.75) is 33.1 Å². The predicted molar refractivity (Wildman–Crippen MR) is 153 cm³/mol. The molecule has 5 rings (SSSR count). The highest BCUT2D eigenvalue weighted by molar-refractivity contribution is 6.30. The number of aryl methyl sites for hydroxylation is 2. The maximum absolute atomic E-state index is 13.2. The lowest BCUT2D eigenvalue weighted by Crippen LogP contribution is -2.34. The van der Waals surface area contributed by atoms with E-state index >= 15 is 0 Å². The first kappa shape index (κ1) is 27.5. The van der Waals surface area contributed by atoms with Crippen LogP contribution in [-0.4, -0.2) is 24.0 Å². The number of fused-ring (bicyclic) bond motifs is 1. The van der Waals surface area contributed by atoms with Crippen LogP contribution < -0.4 is 15.5 Å². The fraction of sp³-hybridized carbons (Fsp3) is 0.226. The number of anilines is 2. The molecule has 1 aliphatic heterocycles. The van der Waals surface area contributed by atoms with Crippen LogP contribution in [0.15, 0.2) is 72.9 Å². The number of pyridine rings is 1. The van der Waals surface area contributed by atoms with Gasteiger partial charge in [0.15, 0.2) is 0 Å². The highest BCUT2D eigenvalue weighted by Crippen LogP contribution is 2.34.